The van der Waals surface area contributed by atoms with Crippen LogP contribution in [0.1, 0.15) is 32.6 Å². The Morgan fingerprint density at radius 2 is 1.79 bits per heavy atom. The second-order valence-electron chi connectivity index (χ2n) is 4.37. The second-order valence-corrected chi connectivity index (χ2v) is 4.37. The van der Waals surface area contributed by atoms with Crippen molar-refractivity contribution in [2.24, 2.45) is 0 Å². The van der Waals surface area contributed by atoms with Crippen molar-refractivity contribution in [3.63, 3.8) is 0 Å². The molecule has 0 N–H and O–H groups in total. The number of ether oxygens (including phenoxy) is 1. The maximum absolute atomic E-state index is 5.84. The predicted octanol–water partition coefficient (Wildman–Crippen LogP) is 3.50. The van der Waals surface area contributed by atoms with E-state index in [1.807, 2.05) is 24.3 Å². The Balaban J connectivity index is 2.01. The molecule has 0 aliphatic heterocycles. The van der Waals surface area contributed by atoms with Crippen LogP contribution in [-0.4, -0.2) is 21.6 Å². The summed E-state index contributed by atoms with van der Waals surface area (Å²) in [6.45, 7) is 2.94. The van der Waals surface area contributed by atoms with E-state index in [9.17, 15) is 0 Å². The summed E-state index contributed by atoms with van der Waals surface area (Å²) < 4.78 is 5.84. The quantitative estimate of drug-likeness (QED) is 0.712. The number of hydrogen-bond acceptors (Lipinski definition) is 4. The molecular formula is C15H19N3O. The summed E-state index contributed by atoms with van der Waals surface area (Å²) in [5.74, 6) is 1.49. The average Bonchev–Trinajstić information content (AvgIpc) is 2.48. The fourth-order valence-electron chi connectivity index (χ4n) is 1.87. The first-order chi connectivity index (χ1) is 9.42. The van der Waals surface area contributed by atoms with E-state index in [1.54, 1.807) is 0 Å². The van der Waals surface area contributed by atoms with Gasteiger partial charge in [0.15, 0.2) is 5.82 Å². The van der Waals surface area contributed by atoms with Crippen LogP contribution in [0, 0.1) is 0 Å². The molecule has 4 heteroatoms. The topological polar surface area (TPSA) is 47.9 Å². The normalized spacial score (nSPS) is 10.4. The van der Waals surface area contributed by atoms with E-state index in [0.717, 1.165) is 24.3 Å². The summed E-state index contributed by atoms with van der Waals surface area (Å²) in [5.41, 5.74) is 0.917. The lowest BCUT2D eigenvalue weighted by Gasteiger charge is -2.10. The van der Waals surface area contributed by atoms with Crippen LogP contribution in [0.15, 0.2) is 36.9 Å². The molecule has 0 aliphatic carbocycles. The minimum atomic E-state index is 0.652. The standard InChI is InChI=1S/C15H19N3O/c1-2-3-4-7-10-19-14-9-6-5-8-13(14)15-17-11-16-12-18-15/h5-6,8-9,11-12H,2-4,7,10H2,1H3. The first kappa shape index (κ1) is 13.5. The minimum Gasteiger partial charge on any atom is -0.493 e. The summed E-state index contributed by atoms with van der Waals surface area (Å²) in [6, 6.07) is 7.85. The molecule has 0 aliphatic rings. The Labute approximate surface area is 113 Å². The van der Waals surface area contributed by atoms with Crippen molar-refractivity contribution < 1.29 is 4.74 Å². The number of para-hydroxylation sites is 1. The monoisotopic (exact) mass is 257 g/mol. The van der Waals surface area contributed by atoms with Gasteiger partial charge < -0.3 is 4.74 Å². The van der Waals surface area contributed by atoms with Gasteiger partial charge in [0.25, 0.3) is 0 Å². The molecule has 0 atom stereocenters. The van der Waals surface area contributed by atoms with Crippen molar-refractivity contribution >= 4 is 0 Å². The number of unbranched alkanes of at least 4 members (excludes halogenated alkanes) is 3. The van der Waals surface area contributed by atoms with Crippen LogP contribution in [0.3, 0.4) is 0 Å². The van der Waals surface area contributed by atoms with Crippen LogP contribution in [0.5, 0.6) is 5.75 Å². The molecule has 19 heavy (non-hydrogen) atoms. The van der Waals surface area contributed by atoms with Gasteiger partial charge in [0.2, 0.25) is 0 Å². The van der Waals surface area contributed by atoms with Gasteiger partial charge in [-0.2, -0.15) is 0 Å². The lowest BCUT2D eigenvalue weighted by Crippen LogP contribution is -2.00. The molecule has 0 unspecified atom stereocenters. The van der Waals surface area contributed by atoms with Crippen LogP contribution in [0.2, 0.25) is 0 Å². The first-order valence-electron chi connectivity index (χ1n) is 6.76. The van der Waals surface area contributed by atoms with E-state index in [2.05, 4.69) is 21.9 Å². The largest absolute Gasteiger partial charge is 0.493 e. The highest BCUT2D eigenvalue weighted by molar-refractivity contribution is 5.63. The zero-order chi connectivity index (χ0) is 13.3. The van der Waals surface area contributed by atoms with E-state index < -0.39 is 0 Å². The molecule has 0 amide bonds. The third-order valence-corrected chi connectivity index (χ3v) is 2.88. The number of rotatable bonds is 7. The van der Waals surface area contributed by atoms with E-state index in [1.165, 1.54) is 31.9 Å². The third-order valence-electron chi connectivity index (χ3n) is 2.88. The van der Waals surface area contributed by atoms with Crippen molar-refractivity contribution in [2.45, 2.75) is 32.6 Å². The molecule has 2 rings (SSSR count). The minimum absolute atomic E-state index is 0.652. The number of nitrogens with zero attached hydrogens (tertiary/aromatic N) is 3. The Kier molecular flexibility index (Phi) is 5.29. The molecule has 0 spiro atoms. The summed E-state index contributed by atoms with van der Waals surface area (Å²) >= 11 is 0. The van der Waals surface area contributed by atoms with Gasteiger partial charge >= 0.3 is 0 Å². The number of benzene rings is 1. The Morgan fingerprint density at radius 1 is 1.00 bits per heavy atom. The molecule has 4 nitrogen and oxygen atoms in total. The lowest BCUT2D eigenvalue weighted by atomic mass is 10.2. The Morgan fingerprint density at radius 3 is 2.58 bits per heavy atom. The van der Waals surface area contributed by atoms with Gasteiger partial charge in [0.1, 0.15) is 18.4 Å². The molecule has 1 aromatic carbocycles. The van der Waals surface area contributed by atoms with Crippen LogP contribution in [-0.2, 0) is 0 Å². The third kappa shape index (κ3) is 4.02. The van der Waals surface area contributed by atoms with E-state index >= 15 is 0 Å². The van der Waals surface area contributed by atoms with Crippen LogP contribution >= 0.6 is 0 Å². The van der Waals surface area contributed by atoms with Gasteiger partial charge in [-0.3, -0.25) is 0 Å². The van der Waals surface area contributed by atoms with Crippen LogP contribution in [0.25, 0.3) is 11.4 Å². The summed E-state index contributed by atoms with van der Waals surface area (Å²) in [6.07, 6.45) is 7.80. The van der Waals surface area contributed by atoms with Gasteiger partial charge in [0, 0.05) is 0 Å². The fraction of sp³-hybridized carbons (Fsp3) is 0.400. The van der Waals surface area contributed by atoms with E-state index in [0.29, 0.717) is 5.82 Å². The number of aromatic nitrogens is 3. The van der Waals surface area contributed by atoms with Gasteiger partial charge in [0.05, 0.1) is 12.2 Å². The highest BCUT2D eigenvalue weighted by Gasteiger charge is 2.07. The van der Waals surface area contributed by atoms with E-state index in [4.69, 9.17) is 4.74 Å². The zero-order valence-electron chi connectivity index (χ0n) is 11.2. The van der Waals surface area contributed by atoms with Gasteiger partial charge in [-0.1, -0.05) is 38.3 Å². The van der Waals surface area contributed by atoms with Crippen LogP contribution in [0.4, 0.5) is 0 Å². The van der Waals surface area contributed by atoms with E-state index in [-0.39, 0.29) is 0 Å². The van der Waals surface area contributed by atoms with Crippen molar-refractivity contribution in [1.82, 2.24) is 15.0 Å². The summed E-state index contributed by atoms with van der Waals surface area (Å²) in [5, 5.41) is 0. The van der Waals surface area contributed by atoms with Crippen LogP contribution < -0.4 is 4.74 Å². The maximum Gasteiger partial charge on any atom is 0.166 e. The molecule has 0 saturated heterocycles. The fourth-order valence-corrected chi connectivity index (χ4v) is 1.87. The smallest absolute Gasteiger partial charge is 0.166 e. The molecule has 0 bridgehead atoms. The molecule has 0 saturated carbocycles. The summed E-state index contributed by atoms with van der Waals surface area (Å²) in [7, 11) is 0. The highest BCUT2D eigenvalue weighted by atomic mass is 16.5. The molecule has 100 valence electrons. The second kappa shape index (κ2) is 7.46. The SMILES string of the molecule is CCCCCCOc1ccccc1-c1ncncn1. The van der Waals surface area contributed by atoms with Crippen molar-refractivity contribution in [3.05, 3.63) is 36.9 Å². The Bertz CT molecular complexity index is 488. The van der Waals surface area contributed by atoms with Gasteiger partial charge in [-0.25, -0.2) is 15.0 Å². The molecule has 2 aromatic rings. The predicted molar refractivity (Wildman–Crippen MR) is 74.9 cm³/mol. The molecule has 0 fully saturated rings. The molecule has 0 radical (unpaired) electrons. The van der Waals surface area contributed by atoms with Gasteiger partial charge in [-0.05, 0) is 18.6 Å². The molecule has 1 aromatic heterocycles. The Hall–Kier alpha value is -1.97. The highest BCUT2D eigenvalue weighted by Crippen LogP contribution is 2.26. The summed E-state index contributed by atoms with van der Waals surface area (Å²) in [4.78, 5) is 12.2. The van der Waals surface area contributed by atoms with Crippen molar-refractivity contribution in [1.29, 1.82) is 0 Å². The van der Waals surface area contributed by atoms with Gasteiger partial charge in [-0.15, -0.1) is 0 Å². The van der Waals surface area contributed by atoms with Crippen molar-refractivity contribution in [2.75, 3.05) is 6.61 Å². The zero-order valence-corrected chi connectivity index (χ0v) is 11.2. The first-order valence-corrected chi connectivity index (χ1v) is 6.76. The average molecular weight is 257 g/mol. The lowest BCUT2D eigenvalue weighted by molar-refractivity contribution is 0.306. The molecular weight excluding hydrogens is 238 g/mol. The number of hydrogen-bond donors (Lipinski definition) is 0. The molecule has 1 heterocycles. The van der Waals surface area contributed by atoms with Crippen molar-refractivity contribution in [3.8, 4) is 17.1 Å². The maximum atomic E-state index is 5.84.